The van der Waals surface area contributed by atoms with Gasteiger partial charge in [0.1, 0.15) is 0 Å². The van der Waals surface area contributed by atoms with Gasteiger partial charge in [-0.05, 0) is 43.3 Å². The highest BCUT2D eigenvalue weighted by atomic mass is 32.2. The molecule has 0 fully saturated rings. The molecule has 3 rings (SSSR count). The SMILES string of the molecule is CCOc1cc(Sc2nnc(-c3ccccc3C)o2)ccc1[N+](=O)[O-]. The molecule has 0 saturated heterocycles. The van der Waals surface area contributed by atoms with E-state index in [4.69, 9.17) is 9.15 Å². The van der Waals surface area contributed by atoms with E-state index in [1.54, 1.807) is 19.1 Å². The molecule has 0 radical (unpaired) electrons. The highest BCUT2D eigenvalue weighted by Crippen LogP contribution is 2.35. The van der Waals surface area contributed by atoms with E-state index in [9.17, 15) is 10.1 Å². The summed E-state index contributed by atoms with van der Waals surface area (Å²) in [6.45, 7) is 4.08. The smallest absolute Gasteiger partial charge is 0.310 e. The van der Waals surface area contributed by atoms with Gasteiger partial charge in [-0.1, -0.05) is 18.2 Å². The molecule has 1 heterocycles. The van der Waals surface area contributed by atoms with Gasteiger partial charge >= 0.3 is 5.69 Å². The first kappa shape index (κ1) is 17.0. The zero-order valence-corrected chi connectivity index (χ0v) is 14.4. The first-order chi connectivity index (χ1) is 12.1. The molecule has 0 atom stereocenters. The van der Waals surface area contributed by atoms with Gasteiger partial charge < -0.3 is 9.15 Å². The van der Waals surface area contributed by atoms with Gasteiger partial charge in [0, 0.05) is 22.6 Å². The number of ether oxygens (including phenoxy) is 1. The quantitative estimate of drug-likeness (QED) is 0.473. The van der Waals surface area contributed by atoms with Crippen LogP contribution in [0.15, 0.2) is 57.0 Å². The molecule has 0 spiro atoms. The van der Waals surface area contributed by atoms with Crippen molar-refractivity contribution in [1.29, 1.82) is 0 Å². The fourth-order valence-corrected chi connectivity index (χ4v) is 2.96. The van der Waals surface area contributed by atoms with E-state index in [-0.39, 0.29) is 11.4 Å². The van der Waals surface area contributed by atoms with Crippen LogP contribution in [0, 0.1) is 17.0 Å². The van der Waals surface area contributed by atoms with Crippen LogP contribution in [0.25, 0.3) is 11.5 Å². The van der Waals surface area contributed by atoms with Gasteiger partial charge in [-0.2, -0.15) is 0 Å². The lowest BCUT2D eigenvalue weighted by Crippen LogP contribution is -1.97. The van der Waals surface area contributed by atoms with Crippen molar-refractivity contribution in [2.75, 3.05) is 6.61 Å². The van der Waals surface area contributed by atoms with Crippen molar-refractivity contribution in [2.45, 2.75) is 24.0 Å². The summed E-state index contributed by atoms with van der Waals surface area (Å²) in [6, 6.07) is 12.4. The zero-order valence-electron chi connectivity index (χ0n) is 13.6. The molecule has 0 aliphatic heterocycles. The van der Waals surface area contributed by atoms with E-state index in [0.717, 1.165) is 11.1 Å². The standard InChI is InChI=1S/C17H15N3O4S/c1-3-23-15-10-12(8-9-14(15)20(21)22)25-17-19-18-16(24-17)13-7-5-4-6-11(13)2/h4-10H,3H2,1-2H3. The topological polar surface area (TPSA) is 91.3 Å². The largest absolute Gasteiger partial charge is 0.487 e. The van der Waals surface area contributed by atoms with Crippen molar-refractivity contribution in [2.24, 2.45) is 0 Å². The summed E-state index contributed by atoms with van der Waals surface area (Å²) in [5.41, 5.74) is 1.84. The molecule has 8 heteroatoms. The molecule has 0 saturated carbocycles. The van der Waals surface area contributed by atoms with Crippen LogP contribution in [0.3, 0.4) is 0 Å². The van der Waals surface area contributed by atoms with Gasteiger partial charge in [0.15, 0.2) is 5.75 Å². The summed E-state index contributed by atoms with van der Waals surface area (Å²) in [4.78, 5) is 11.3. The second kappa shape index (κ2) is 7.35. The highest BCUT2D eigenvalue weighted by molar-refractivity contribution is 7.99. The monoisotopic (exact) mass is 357 g/mol. The van der Waals surface area contributed by atoms with Crippen molar-refractivity contribution >= 4 is 17.4 Å². The van der Waals surface area contributed by atoms with Crippen molar-refractivity contribution in [3.8, 4) is 17.2 Å². The lowest BCUT2D eigenvalue weighted by molar-refractivity contribution is -0.385. The summed E-state index contributed by atoms with van der Waals surface area (Å²) in [6.07, 6.45) is 0. The molecule has 1 aromatic heterocycles. The molecule has 7 nitrogen and oxygen atoms in total. The number of rotatable bonds is 6. The van der Waals surface area contributed by atoms with Crippen LogP contribution in [0.5, 0.6) is 5.75 Å². The fourth-order valence-electron chi connectivity index (χ4n) is 2.25. The van der Waals surface area contributed by atoms with Crippen molar-refractivity contribution in [1.82, 2.24) is 10.2 Å². The Balaban J connectivity index is 1.85. The number of benzene rings is 2. The molecule has 0 unspecified atom stereocenters. The van der Waals surface area contributed by atoms with Gasteiger partial charge in [0.05, 0.1) is 11.5 Å². The zero-order chi connectivity index (χ0) is 17.8. The molecule has 0 bridgehead atoms. The van der Waals surface area contributed by atoms with E-state index in [2.05, 4.69) is 10.2 Å². The molecule has 0 amide bonds. The van der Waals surface area contributed by atoms with Gasteiger partial charge in [-0.25, -0.2) is 0 Å². The van der Waals surface area contributed by atoms with Crippen LogP contribution < -0.4 is 4.74 Å². The number of nitrogens with zero attached hydrogens (tertiary/aromatic N) is 3. The molecule has 0 N–H and O–H groups in total. The van der Waals surface area contributed by atoms with E-state index < -0.39 is 4.92 Å². The second-order valence-corrected chi connectivity index (χ2v) is 6.13. The maximum Gasteiger partial charge on any atom is 0.310 e. The minimum Gasteiger partial charge on any atom is -0.487 e. The first-order valence-electron chi connectivity index (χ1n) is 7.57. The van der Waals surface area contributed by atoms with E-state index in [1.807, 2.05) is 31.2 Å². The predicted octanol–water partition coefficient (Wildman–Crippen LogP) is 4.50. The van der Waals surface area contributed by atoms with Crippen molar-refractivity contribution in [3.05, 3.63) is 58.1 Å². The molecule has 25 heavy (non-hydrogen) atoms. The molecule has 0 aliphatic rings. The van der Waals surface area contributed by atoms with E-state index in [0.29, 0.717) is 22.6 Å². The van der Waals surface area contributed by atoms with Crippen LogP contribution in [0.4, 0.5) is 5.69 Å². The normalized spacial score (nSPS) is 10.6. The number of nitro benzene ring substituents is 1. The average Bonchev–Trinajstić information content (AvgIpc) is 3.04. The average molecular weight is 357 g/mol. The van der Waals surface area contributed by atoms with Crippen LogP contribution in [0.2, 0.25) is 0 Å². The number of hydrogen-bond donors (Lipinski definition) is 0. The first-order valence-corrected chi connectivity index (χ1v) is 8.38. The lowest BCUT2D eigenvalue weighted by atomic mass is 10.1. The van der Waals surface area contributed by atoms with Crippen LogP contribution in [-0.4, -0.2) is 21.7 Å². The Bertz CT molecular complexity index is 910. The van der Waals surface area contributed by atoms with E-state index >= 15 is 0 Å². The molecule has 3 aromatic rings. The minimum atomic E-state index is -0.470. The molecule has 128 valence electrons. The van der Waals surface area contributed by atoms with Crippen LogP contribution in [0.1, 0.15) is 12.5 Å². The minimum absolute atomic E-state index is 0.0719. The van der Waals surface area contributed by atoms with Crippen LogP contribution >= 0.6 is 11.8 Å². The summed E-state index contributed by atoms with van der Waals surface area (Å²) < 4.78 is 11.0. The predicted molar refractivity (Wildman–Crippen MR) is 92.9 cm³/mol. The third-order valence-electron chi connectivity index (χ3n) is 3.41. The highest BCUT2D eigenvalue weighted by Gasteiger charge is 2.17. The number of nitro groups is 1. The van der Waals surface area contributed by atoms with Gasteiger partial charge in [0.2, 0.25) is 5.89 Å². The Kier molecular flexibility index (Phi) is 4.99. The summed E-state index contributed by atoms with van der Waals surface area (Å²) in [7, 11) is 0. The fraction of sp³-hybridized carbons (Fsp3) is 0.176. The Labute approximate surface area is 148 Å². The van der Waals surface area contributed by atoms with Crippen molar-refractivity contribution in [3.63, 3.8) is 0 Å². The molecular formula is C17H15N3O4S. The number of aryl methyl sites for hydroxylation is 1. The van der Waals surface area contributed by atoms with Gasteiger partial charge in [-0.3, -0.25) is 10.1 Å². The Morgan fingerprint density at radius 1 is 1.24 bits per heavy atom. The van der Waals surface area contributed by atoms with E-state index in [1.165, 1.54) is 17.8 Å². The van der Waals surface area contributed by atoms with Gasteiger partial charge in [0.25, 0.3) is 5.22 Å². The third kappa shape index (κ3) is 3.80. The van der Waals surface area contributed by atoms with Crippen LogP contribution in [-0.2, 0) is 0 Å². The summed E-state index contributed by atoms with van der Waals surface area (Å²) in [5.74, 6) is 0.656. The maximum absolute atomic E-state index is 11.0. The molecule has 0 aliphatic carbocycles. The molecule has 2 aromatic carbocycles. The lowest BCUT2D eigenvalue weighted by Gasteiger charge is -2.05. The Morgan fingerprint density at radius 3 is 2.76 bits per heavy atom. The molecular weight excluding hydrogens is 342 g/mol. The summed E-state index contributed by atoms with van der Waals surface area (Å²) >= 11 is 1.23. The van der Waals surface area contributed by atoms with Crippen molar-refractivity contribution < 1.29 is 14.1 Å². The summed E-state index contributed by atoms with van der Waals surface area (Å²) in [5, 5.41) is 19.5. The van der Waals surface area contributed by atoms with Gasteiger partial charge in [-0.15, -0.1) is 10.2 Å². The third-order valence-corrected chi connectivity index (χ3v) is 4.24. The maximum atomic E-state index is 11.0. The number of hydrogen-bond acceptors (Lipinski definition) is 7. The number of aromatic nitrogens is 2. The second-order valence-electron chi connectivity index (χ2n) is 5.11. The Morgan fingerprint density at radius 2 is 2.04 bits per heavy atom. The Hall–Kier alpha value is -2.87.